The Morgan fingerprint density at radius 1 is 0.462 bits per heavy atom. The molecule has 0 radical (unpaired) electrons. The lowest BCUT2D eigenvalue weighted by atomic mass is 9.98. The second-order valence-corrected chi connectivity index (χ2v) is 11.9. The molecule has 0 unspecified atom stereocenters. The van der Waals surface area contributed by atoms with Crippen molar-refractivity contribution in [1.29, 1.82) is 0 Å². The van der Waals surface area contributed by atoms with E-state index in [1.807, 2.05) is 11.3 Å². The van der Waals surface area contributed by atoms with Crippen molar-refractivity contribution in [2.24, 2.45) is 0 Å². The summed E-state index contributed by atoms with van der Waals surface area (Å²) < 4.78 is 6.20. The average molecular weight is 581 g/mol. The Hall–Kier alpha value is -4.18. The predicted molar refractivity (Wildman–Crippen MR) is 172 cm³/mol. The Kier molecular flexibility index (Phi) is 5.22. The fourth-order valence-electron chi connectivity index (χ4n) is 5.86. The number of fused-ring (bicyclic) bond motifs is 6. The van der Waals surface area contributed by atoms with Crippen molar-refractivity contribution in [3.05, 3.63) is 138 Å². The van der Waals surface area contributed by atoms with Gasteiger partial charge < -0.3 is 4.57 Å². The van der Waals surface area contributed by atoms with Crippen LogP contribution in [0.5, 0.6) is 0 Å². The van der Waals surface area contributed by atoms with E-state index < -0.39 is 0 Å². The number of aromatic nitrogens is 1. The highest BCUT2D eigenvalue weighted by Gasteiger charge is 2.17. The minimum absolute atomic E-state index is 1.09. The van der Waals surface area contributed by atoms with Gasteiger partial charge in [-0.15, -0.1) is 11.3 Å². The van der Waals surface area contributed by atoms with Crippen molar-refractivity contribution in [3.8, 4) is 27.9 Å². The Morgan fingerprint density at radius 3 is 1.95 bits per heavy atom. The molecule has 184 valence electrons. The van der Waals surface area contributed by atoms with Gasteiger partial charge in [-0.1, -0.05) is 107 Å². The average Bonchev–Trinajstić information content (AvgIpc) is 3.53. The van der Waals surface area contributed by atoms with E-state index in [-0.39, 0.29) is 0 Å². The molecule has 8 rings (SSSR count). The molecule has 0 saturated carbocycles. The zero-order chi connectivity index (χ0) is 25.9. The van der Waals surface area contributed by atoms with Crippen molar-refractivity contribution in [3.63, 3.8) is 0 Å². The maximum atomic E-state index is 3.62. The highest BCUT2D eigenvalue weighted by molar-refractivity contribution is 9.10. The summed E-state index contributed by atoms with van der Waals surface area (Å²) in [5.74, 6) is 0. The van der Waals surface area contributed by atoms with Crippen molar-refractivity contribution in [2.45, 2.75) is 0 Å². The first-order valence-electron chi connectivity index (χ1n) is 13.0. The number of hydrogen-bond donors (Lipinski definition) is 0. The van der Waals surface area contributed by atoms with Crippen molar-refractivity contribution >= 4 is 69.2 Å². The van der Waals surface area contributed by atoms with Crippen molar-refractivity contribution < 1.29 is 0 Å². The molecule has 39 heavy (non-hydrogen) atoms. The van der Waals surface area contributed by atoms with Crippen LogP contribution in [-0.4, -0.2) is 4.57 Å². The Labute approximate surface area is 238 Å². The van der Waals surface area contributed by atoms with Crippen LogP contribution in [0.2, 0.25) is 0 Å². The van der Waals surface area contributed by atoms with E-state index in [1.54, 1.807) is 0 Å². The fraction of sp³-hybridized carbons (Fsp3) is 0. The Morgan fingerprint density at radius 2 is 1.10 bits per heavy atom. The summed E-state index contributed by atoms with van der Waals surface area (Å²) in [6.45, 7) is 0. The predicted octanol–water partition coefficient (Wildman–Crippen LogP) is 11.2. The smallest absolute Gasteiger partial charge is 0.0640 e. The summed E-state index contributed by atoms with van der Waals surface area (Å²) in [6.07, 6.45) is 0. The molecule has 2 heterocycles. The molecule has 0 saturated heterocycles. The maximum absolute atomic E-state index is 3.62. The second kappa shape index (κ2) is 8.94. The van der Waals surface area contributed by atoms with Crippen LogP contribution in [0.3, 0.4) is 0 Å². The molecule has 2 aromatic heterocycles. The van der Waals surface area contributed by atoms with Gasteiger partial charge in [0.15, 0.2) is 0 Å². The largest absolute Gasteiger partial charge is 0.308 e. The van der Waals surface area contributed by atoms with E-state index in [0.29, 0.717) is 0 Å². The lowest BCUT2D eigenvalue weighted by Crippen LogP contribution is -1.94. The molecule has 0 fully saturated rings. The highest BCUT2D eigenvalue weighted by atomic mass is 79.9. The summed E-state index contributed by atoms with van der Waals surface area (Å²) in [5.41, 5.74) is 8.55. The molecule has 0 amide bonds. The van der Waals surface area contributed by atoms with Crippen molar-refractivity contribution in [1.82, 2.24) is 4.57 Å². The van der Waals surface area contributed by atoms with E-state index >= 15 is 0 Å². The minimum Gasteiger partial charge on any atom is -0.308 e. The lowest BCUT2D eigenvalue weighted by molar-refractivity contribution is 1.20. The van der Waals surface area contributed by atoms with Crippen LogP contribution in [-0.2, 0) is 0 Å². The van der Waals surface area contributed by atoms with Gasteiger partial charge in [0, 0.05) is 30.7 Å². The third-order valence-corrected chi connectivity index (χ3v) is 9.35. The highest BCUT2D eigenvalue weighted by Crippen LogP contribution is 2.41. The first kappa shape index (κ1) is 22.8. The normalized spacial score (nSPS) is 11.7. The number of thiophene rings is 1. The molecule has 0 aliphatic heterocycles. The molecular formula is C36H22BrNS. The van der Waals surface area contributed by atoms with Crippen molar-refractivity contribution in [2.75, 3.05) is 0 Å². The molecule has 0 aliphatic rings. The Bertz CT molecular complexity index is 2200. The molecule has 8 aromatic rings. The van der Waals surface area contributed by atoms with E-state index in [9.17, 15) is 0 Å². The Balaban J connectivity index is 1.39. The van der Waals surface area contributed by atoms with Crippen LogP contribution >= 0.6 is 27.3 Å². The minimum atomic E-state index is 1.09. The van der Waals surface area contributed by atoms with Gasteiger partial charge in [-0.25, -0.2) is 0 Å². The van der Waals surface area contributed by atoms with E-state index in [4.69, 9.17) is 0 Å². The molecular weight excluding hydrogens is 558 g/mol. The standard InChI is InChI=1S/C36H22BrNS/c37-27-11-6-10-25(21-27)23-8-5-9-24(20-23)26-18-19-29-28-12-1-3-15-32(28)38(34(29)22-26)33-16-7-14-31-30-13-2-4-17-35(30)39-36(31)33/h1-22H. The molecule has 0 bridgehead atoms. The van der Waals surface area contributed by atoms with Gasteiger partial charge in [-0.2, -0.15) is 0 Å². The molecule has 0 atom stereocenters. The monoisotopic (exact) mass is 579 g/mol. The number of nitrogens with zero attached hydrogens (tertiary/aromatic N) is 1. The first-order chi connectivity index (χ1) is 19.2. The summed E-state index contributed by atoms with van der Waals surface area (Å²) in [7, 11) is 0. The zero-order valence-electron chi connectivity index (χ0n) is 20.9. The zero-order valence-corrected chi connectivity index (χ0v) is 23.3. The third kappa shape index (κ3) is 3.65. The SMILES string of the molecule is Brc1cccc(-c2cccc(-c3ccc4c5ccccc5n(-c5cccc6c5sc5ccccc56)c4c3)c2)c1. The first-order valence-corrected chi connectivity index (χ1v) is 14.7. The number of para-hydroxylation sites is 1. The molecule has 0 N–H and O–H groups in total. The molecule has 1 nitrogen and oxygen atoms in total. The second-order valence-electron chi connectivity index (χ2n) is 9.93. The van der Waals surface area contributed by atoms with Gasteiger partial charge in [0.2, 0.25) is 0 Å². The third-order valence-electron chi connectivity index (χ3n) is 7.65. The van der Waals surface area contributed by atoms with Gasteiger partial charge >= 0.3 is 0 Å². The number of hydrogen-bond acceptors (Lipinski definition) is 1. The number of rotatable bonds is 3. The fourth-order valence-corrected chi connectivity index (χ4v) is 7.47. The maximum Gasteiger partial charge on any atom is 0.0640 e. The van der Waals surface area contributed by atoms with E-state index in [0.717, 1.165) is 4.47 Å². The number of benzene rings is 6. The van der Waals surface area contributed by atoms with E-state index in [1.165, 1.54) is 69.9 Å². The topological polar surface area (TPSA) is 4.93 Å². The summed E-state index contributed by atoms with van der Waals surface area (Å²) in [5, 5.41) is 5.19. The van der Waals surface area contributed by atoms with Crippen LogP contribution in [0.1, 0.15) is 0 Å². The molecule has 0 aliphatic carbocycles. The van der Waals surface area contributed by atoms with Crippen LogP contribution in [0, 0.1) is 0 Å². The number of halogens is 1. The van der Waals surface area contributed by atoms with Gasteiger partial charge in [-0.05, 0) is 64.7 Å². The van der Waals surface area contributed by atoms with Gasteiger partial charge in [0.05, 0.1) is 21.4 Å². The van der Waals surface area contributed by atoms with Gasteiger partial charge in [-0.3, -0.25) is 0 Å². The van der Waals surface area contributed by atoms with Gasteiger partial charge in [0.1, 0.15) is 0 Å². The van der Waals surface area contributed by atoms with Crippen LogP contribution in [0.4, 0.5) is 0 Å². The molecule has 6 aromatic carbocycles. The summed E-state index contributed by atoms with van der Waals surface area (Å²) >= 11 is 5.50. The lowest BCUT2D eigenvalue weighted by Gasteiger charge is -2.11. The van der Waals surface area contributed by atoms with Crippen LogP contribution in [0.15, 0.2) is 138 Å². The summed E-state index contributed by atoms with van der Waals surface area (Å²) in [6, 6.07) is 48.5. The van der Waals surface area contributed by atoms with E-state index in [2.05, 4.69) is 154 Å². The molecule has 0 spiro atoms. The van der Waals surface area contributed by atoms with Gasteiger partial charge in [0.25, 0.3) is 0 Å². The summed E-state index contributed by atoms with van der Waals surface area (Å²) in [4.78, 5) is 0. The van der Waals surface area contributed by atoms with Crippen LogP contribution in [0.25, 0.3) is 69.9 Å². The molecule has 3 heteroatoms. The quantitative estimate of drug-likeness (QED) is 0.196. The van der Waals surface area contributed by atoms with Crippen LogP contribution < -0.4 is 0 Å².